The molecule has 6 nitrogen and oxygen atoms in total. The molecular weight excluding hydrogens is 422 g/mol. The quantitative estimate of drug-likeness (QED) is 0.664. The van der Waals surface area contributed by atoms with Gasteiger partial charge in [-0.15, -0.1) is 11.8 Å². The van der Waals surface area contributed by atoms with Crippen molar-refractivity contribution in [2.45, 2.75) is 11.8 Å². The number of hydrogen-bond acceptors (Lipinski definition) is 4. The molecule has 1 saturated heterocycles. The summed E-state index contributed by atoms with van der Waals surface area (Å²) in [5.41, 5.74) is 3.79. The predicted molar refractivity (Wildman–Crippen MR) is 127 cm³/mol. The van der Waals surface area contributed by atoms with E-state index in [1.807, 2.05) is 73.7 Å². The van der Waals surface area contributed by atoms with Crippen molar-refractivity contribution in [2.75, 3.05) is 27.4 Å². The number of thioether (sulfide) groups is 1. The minimum Gasteiger partial charge on any atom is -0.325 e. The normalized spacial score (nSPS) is 19.5. The lowest BCUT2D eigenvalue weighted by atomic mass is 10.0. The second kappa shape index (κ2) is 7.84. The fraction of sp³-hybridized carbons (Fsp3) is 0.160. The standard InChI is InChI=1S/C25H21N3O3S/c1-17-11-13-19(14-12-17)28-23(30)16-32-25(28)20-9-5-6-10-21(20)27(24(25)31)15-22(29)26-18-7-3-2-4-8-18/h2-14H,15-16H2,1H3,(H,26,29)/t25-/m0/s1. The van der Waals surface area contributed by atoms with Crippen molar-refractivity contribution in [3.05, 3.63) is 90.0 Å². The third-order valence-electron chi connectivity index (χ3n) is 5.72. The first kappa shape index (κ1) is 20.3. The number of anilines is 3. The molecule has 3 aromatic rings. The third-order valence-corrected chi connectivity index (χ3v) is 7.10. The fourth-order valence-corrected chi connectivity index (χ4v) is 5.63. The Morgan fingerprint density at radius 1 is 0.969 bits per heavy atom. The van der Waals surface area contributed by atoms with Crippen LogP contribution in [0.4, 0.5) is 17.1 Å². The summed E-state index contributed by atoms with van der Waals surface area (Å²) in [5, 5.41) is 2.84. The second-order valence-corrected chi connectivity index (χ2v) is 8.99. The van der Waals surface area contributed by atoms with E-state index in [4.69, 9.17) is 0 Å². The number of rotatable bonds is 4. The first-order chi connectivity index (χ1) is 15.5. The topological polar surface area (TPSA) is 69.7 Å². The van der Waals surface area contributed by atoms with Gasteiger partial charge in [-0.25, -0.2) is 0 Å². The number of nitrogens with zero attached hydrogens (tertiary/aromatic N) is 2. The number of amides is 3. The molecule has 5 rings (SSSR count). The van der Waals surface area contributed by atoms with Crippen molar-refractivity contribution in [2.24, 2.45) is 0 Å². The highest BCUT2D eigenvalue weighted by Gasteiger charge is 2.61. The van der Waals surface area contributed by atoms with E-state index in [-0.39, 0.29) is 30.0 Å². The van der Waals surface area contributed by atoms with Crippen LogP contribution in [0, 0.1) is 6.92 Å². The summed E-state index contributed by atoms with van der Waals surface area (Å²) in [6.07, 6.45) is 0. The summed E-state index contributed by atoms with van der Waals surface area (Å²) in [6.45, 7) is 1.84. The SMILES string of the molecule is Cc1ccc(N2C(=O)CS[C@@]23C(=O)N(CC(=O)Nc2ccccc2)c2ccccc23)cc1. The highest BCUT2D eigenvalue weighted by Crippen LogP contribution is 2.55. The minimum atomic E-state index is -1.21. The number of aryl methyl sites for hydroxylation is 1. The molecule has 3 amide bonds. The van der Waals surface area contributed by atoms with Gasteiger partial charge in [0.25, 0.3) is 5.91 Å². The van der Waals surface area contributed by atoms with Gasteiger partial charge in [-0.1, -0.05) is 54.1 Å². The van der Waals surface area contributed by atoms with Gasteiger partial charge in [-0.2, -0.15) is 0 Å². The molecular formula is C25H21N3O3S. The molecule has 160 valence electrons. The van der Waals surface area contributed by atoms with Gasteiger partial charge in [0.1, 0.15) is 6.54 Å². The van der Waals surface area contributed by atoms with Gasteiger partial charge in [0.05, 0.1) is 11.4 Å². The van der Waals surface area contributed by atoms with Gasteiger partial charge >= 0.3 is 0 Å². The zero-order valence-electron chi connectivity index (χ0n) is 17.4. The molecule has 1 fully saturated rings. The summed E-state index contributed by atoms with van der Waals surface area (Å²) >= 11 is 1.31. The van der Waals surface area contributed by atoms with Crippen molar-refractivity contribution in [3.8, 4) is 0 Å². The van der Waals surface area contributed by atoms with E-state index >= 15 is 0 Å². The predicted octanol–water partition coefficient (Wildman–Crippen LogP) is 3.91. The lowest BCUT2D eigenvalue weighted by Gasteiger charge is -2.33. The Bertz CT molecular complexity index is 1210. The van der Waals surface area contributed by atoms with Crippen molar-refractivity contribution in [1.29, 1.82) is 0 Å². The molecule has 2 aliphatic rings. The van der Waals surface area contributed by atoms with Gasteiger partial charge < -0.3 is 5.32 Å². The van der Waals surface area contributed by atoms with Gasteiger partial charge in [-0.05, 0) is 37.3 Å². The maximum atomic E-state index is 13.9. The molecule has 7 heteroatoms. The molecule has 0 bridgehead atoms. The smallest absolute Gasteiger partial charge is 0.269 e. The first-order valence-electron chi connectivity index (χ1n) is 10.3. The molecule has 0 saturated carbocycles. The molecule has 3 aromatic carbocycles. The second-order valence-electron chi connectivity index (χ2n) is 7.82. The third kappa shape index (κ3) is 3.17. The molecule has 0 radical (unpaired) electrons. The van der Waals surface area contributed by atoms with E-state index in [1.165, 1.54) is 16.7 Å². The molecule has 0 aromatic heterocycles. The van der Waals surface area contributed by atoms with Crippen LogP contribution >= 0.6 is 11.8 Å². The molecule has 0 unspecified atom stereocenters. The average Bonchev–Trinajstić information content (AvgIpc) is 3.26. The van der Waals surface area contributed by atoms with Crippen molar-refractivity contribution in [1.82, 2.24) is 0 Å². The number of benzene rings is 3. The van der Waals surface area contributed by atoms with Crippen LogP contribution in [0.1, 0.15) is 11.1 Å². The number of carbonyl (C=O) groups excluding carboxylic acids is 3. The Hall–Kier alpha value is -3.58. The van der Waals surface area contributed by atoms with Crippen LogP contribution < -0.4 is 15.1 Å². The van der Waals surface area contributed by atoms with Crippen molar-refractivity contribution >= 4 is 46.5 Å². The van der Waals surface area contributed by atoms with E-state index in [0.717, 1.165) is 11.1 Å². The Kier molecular flexibility index (Phi) is 4.98. The number of para-hydroxylation sites is 2. The molecule has 2 aliphatic heterocycles. The summed E-state index contributed by atoms with van der Waals surface area (Å²) in [7, 11) is 0. The number of nitrogens with one attached hydrogen (secondary N) is 1. The van der Waals surface area contributed by atoms with Crippen molar-refractivity contribution in [3.63, 3.8) is 0 Å². The van der Waals surface area contributed by atoms with Gasteiger partial charge in [0.2, 0.25) is 16.7 Å². The number of hydrogen-bond donors (Lipinski definition) is 1. The largest absolute Gasteiger partial charge is 0.325 e. The Balaban J connectivity index is 1.53. The van der Waals surface area contributed by atoms with Crippen LogP contribution in [0.2, 0.25) is 0 Å². The van der Waals surface area contributed by atoms with Gasteiger partial charge in [0.15, 0.2) is 0 Å². The molecule has 32 heavy (non-hydrogen) atoms. The fourth-order valence-electron chi connectivity index (χ4n) is 4.27. The summed E-state index contributed by atoms with van der Waals surface area (Å²) in [5.74, 6) is -0.513. The molecule has 1 spiro atoms. The van der Waals surface area contributed by atoms with E-state index in [9.17, 15) is 14.4 Å². The Morgan fingerprint density at radius 2 is 1.66 bits per heavy atom. The zero-order valence-corrected chi connectivity index (χ0v) is 18.3. The van der Waals surface area contributed by atoms with E-state index < -0.39 is 4.87 Å². The van der Waals surface area contributed by atoms with Crippen LogP contribution in [0.15, 0.2) is 78.9 Å². The highest BCUT2D eigenvalue weighted by molar-refractivity contribution is 8.02. The van der Waals surface area contributed by atoms with E-state index in [1.54, 1.807) is 17.0 Å². The molecule has 1 atom stereocenters. The molecule has 0 aliphatic carbocycles. The minimum absolute atomic E-state index is 0.127. The molecule has 1 N–H and O–H groups in total. The van der Waals surface area contributed by atoms with Gasteiger partial charge in [0, 0.05) is 16.9 Å². The van der Waals surface area contributed by atoms with Crippen LogP contribution in [-0.4, -0.2) is 30.0 Å². The maximum Gasteiger partial charge on any atom is 0.269 e. The van der Waals surface area contributed by atoms with Crippen LogP contribution in [0.25, 0.3) is 0 Å². The monoisotopic (exact) mass is 443 g/mol. The number of carbonyl (C=O) groups is 3. The first-order valence-corrected chi connectivity index (χ1v) is 11.3. The lowest BCUT2D eigenvalue weighted by Crippen LogP contribution is -2.50. The number of fused-ring (bicyclic) bond motifs is 2. The van der Waals surface area contributed by atoms with Gasteiger partial charge in [-0.3, -0.25) is 24.2 Å². The van der Waals surface area contributed by atoms with Crippen molar-refractivity contribution < 1.29 is 14.4 Å². The van der Waals surface area contributed by atoms with Crippen LogP contribution in [-0.2, 0) is 19.3 Å². The average molecular weight is 444 g/mol. The van der Waals surface area contributed by atoms with E-state index in [0.29, 0.717) is 17.1 Å². The summed E-state index contributed by atoms with van der Waals surface area (Å²) in [6, 6.07) is 24.1. The van der Waals surface area contributed by atoms with Crippen LogP contribution in [0.3, 0.4) is 0 Å². The highest BCUT2D eigenvalue weighted by atomic mass is 32.2. The Labute approximate surface area is 190 Å². The van der Waals surface area contributed by atoms with Crippen LogP contribution in [0.5, 0.6) is 0 Å². The summed E-state index contributed by atoms with van der Waals surface area (Å²) < 4.78 is 0. The van der Waals surface area contributed by atoms with E-state index in [2.05, 4.69) is 5.32 Å². The lowest BCUT2D eigenvalue weighted by molar-refractivity contribution is -0.124. The Morgan fingerprint density at radius 3 is 2.41 bits per heavy atom. The summed E-state index contributed by atoms with van der Waals surface area (Å²) in [4.78, 5) is 41.6. The molecule has 2 heterocycles. The maximum absolute atomic E-state index is 13.9. The zero-order chi connectivity index (χ0) is 22.3.